The molecule has 3 rings (SSSR count). The van der Waals surface area contributed by atoms with E-state index in [9.17, 15) is 13.2 Å². The van der Waals surface area contributed by atoms with Gasteiger partial charge in [-0.05, 0) is 56.9 Å². The van der Waals surface area contributed by atoms with E-state index in [-0.39, 0.29) is 27.5 Å². The maximum absolute atomic E-state index is 13.0. The number of hydrogen-bond acceptors (Lipinski definition) is 8. The molecule has 1 atom stereocenters. The topological polar surface area (TPSA) is 115 Å². The van der Waals surface area contributed by atoms with Crippen LogP contribution in [0.1, 0.15) is 30.9 Å². The number of sulfone groups is 1. The van der Waals surface area contributed by atoms with Gasteiger partial charge in [0.2, 0.25) is 15.8 Å². The number of nitrogen functional groups attached to an aromatic ring is 1. The third-order valence-corrected chi connectivity index (χ3v) is 6.94. The molecule has 0 bridgehead atoms. The summed E-state index contributed by atoms with van der Waals surface area (Å²) >= 11 is 0. The molecule has 2 heterocycles. The van der Waals surface area contributed by atoms with Gasteiger partial charge in [0.05, 0.1) is 23.6 Å². The first-order valence-corrected chi connectivity index (χ1v) is 11.1. The fraction of sp³-hybridized carbons (Fsp3) is 0.450. The Bertz CT molecular complexity index is 1020. The van der Waals surface area contributed by atoms with Gasteiger partial charge in [-0.25, -0.2) is 13.4 Å². The molecular weight excluding hydrogens is 392 g/mol. The summed E-state index contributed by atoms with van der Waals surface area (Å²) in [6, 6.07) is 4.93. The quantitative estimate of drug-likeness (QED) is 0.735. The molecule has 1 aliphatic heterocycles. The Morgan fingerprint density at radius 1 is 1.31 bits per heavy atom. The number of rotatable bonds is 5. The third-order valence-electron chi connectivity index (χ3n) is 5.17. The van der Waals surface area contributed by atoms with Gasteiger partial charge in [-0.3, -0.25) is 4.79 Å². The lowest BCUT2D eigenvalue weighted by Gasteiger charge is -2.31. The first-order valence-electron chi connectivity index (χ1n) is 9.60. The molecule has 8 nitrogen and oxygen atoms in total. The molecule has 2 N–H and O–H groups in total. The predicted octanol–water partition coefficient (Wildman–Crippen LogP) is 2.29. The number of esters is 1. The molecule has 0 spiro atoms. The van der Waals surface area contributed by atoms with Gasteiger partial charge in [0, 0.05) is 13.1 Å². The molecule has 2 aromatic rings. The van der Waals surface area contributed by atoms with Crippen molar-refractivity contribution in [3.8, 4) is 0 Å². The summed E-state index contributed by atoms with van der Waals surface area (Å²) in [4.78, 5) is 22.4. The highest BCUT2D eigenvalue weighted by Gasteiger charge is 2.29. The van der Waals surface area contributed by atoms with Crippen molar-refractivity contribution in [2.45, 2.75) is 43.4 Å². The van der Waals surface area contributed by atoms with Crippen LogP contribution < -0.4 is 10.6 Å². The average Bonchev–Trinajstić information content (AvgIpc) is 2.70. The van der Waals surface area contributed by atoms with Gasteiger partial charge in [-0.2, -0.15) is 4.98 Å². The number of aryl methyl sites for hydroxylation is 2. The Balaban J connectivity index is 1.86. The lowest BCUT2D eigenvalue weighted by molar-refractivity contribution is -0.148. The van der Waals surface area contributed by atoms with E-state index in [2.05, 4.69) is 9.97 Å². The monoisotopic (exact) mass is 418 g/mol. The van der Waals surface area contributed by atoms with E-state index < -0.39 is 9.84 Å². The summed E-state index contributed by atoms with van der Waals surface area (Å²) in [6.07, 6.45) is 2.77. The summed E-state index contributed by atoms with van der Waals surface area (Å²) in [5.74, 6) is -0.284. The number of anilines is 2. The third kappa shape index (κ3) is 4.34. The first kappa shape index (κ1) is 21.0. The van der Waals surface area contributed by atoms with E-state index in [1.165, 1.54) is 6.20 Å². The fourth-order valence-electron chi connectivity index (χ4n) is 3.35. The number of carbonyl (C=O) groups excluding carboxylic acids is 1. The van der Waals surface area contributed by atoms with Crippen LogP contribution in [0.3, 0.4) is 0 Å². The largest absolute Gasteiger partial charge is 0.466 e. The number of ether oxygens (including phenoxy) is 1. The van der Waals surface area contributed by atoms with Crippen LogP contribution in [0.15, 0.2) is 34.2 Å². The highest BCUT2D eigenvalue weighted by atomic mass is 32.2. The standard InChI is InChI=1S/C20H26N4O4S/c1-4-28-19(25)15-6-5-9-24(12-15)20-22-11-17(18(21)23-20)29(26,27)16-8-7-13(2)14(3)10-16/h7-8,10-11,15H,4-6,9,12H2,1-3H3,(H2,21,22,23). The van der Waals surface area contributed by atoms with Gasteiger partial charge in [0.15, 0.2) is 0 Å². The Labute approximate surface area is 171 Å². The van der Waals surface area contributed by atoms with Crippen LogP contribution in [0.25, 0.3) is 0 Å². The average molecular weight is 419 g/mol. The van der Waals surface area contributed by atoms with Crippen molar-refractivity contribution in [1.82, 2.24) is 9.97 Å². The van der Waals surface area contributed by atoms with Crippen molar-refractivity contribution in [1.29, 1.82) is 0 Å². The predicted molar refractivity (Wildman–Crippen MR) is 109 cm³/mol. The van der Waals surface area contributed by atoms with E-state index >= 15 is 0 Å². The molecule has 0 radical (unpaired) electrons. The van der Waals surface area contributed by atoms with Crippen LogP contribution >= 0.6 is 0 Å². The number of hydrogen-bond donors (Lipinski definition) is 1. The summed E-state index contributed by atoms with van der Waals surface area (Å²) in [5, 5.41) is 0. The summed E-state index contributed by atoms with van der Waals surface area (Å²) in [7, 11) is -3.83. The van der Waals surface area contributed by atoms with Crippen molar-refractivity contribution >= 4 is 27.6 Å². The number of carbonyl (C=O) groups is 1. The molecule has 1 aliphatic rings. The van der Waals surface area contributed by atoms with Crippen LogP contribution in [0.2, 0.25) is 0 Å². The Morgan fingerprint density at radius 3 is 2.72 bits per heavy atom. The van der Waals surface area contributed by atoms with Crippen LogP contribution in [-0.4, -0.2) is 44.1 Å². The Morgan fingerprint density at radius 2 is 2.07 bits per heavy atom. The van der Waals surface area contributed by atoms with E-state index in [1.807, 2.05) is 18.7 Å². The van der Waals surface area contributed by atoms with Crippen molar-refractivity contribution < 1.29 is 17.9 Å². The van der Waals surface area contributed by atoms with E-state index in [0.29, 0.717) is 25.6 Å². The fourth-order valence-corrected chi connectivity index (χ4v) is 4.70. The summed E-state index contributed by atoms with van der Waals surface area (Å²) in [5.41, 5.74) is 7.89. The zero-order chi connectivity index (χ0) is 21.2. The molecule has 1 aromatic carbocycles. The van der Waals surface area contributed by atoms with Gasteiger partial charge < -0.3 is 15.4 Å². The highest BCUT2D eigenvalue weighted by molar-refractivity contribution is 7.91. The molecule has 0 saturated carbocycles. The van der Waals surface area contributed by atoms with Crippen molar-refractivity contribution in [3.05, 3.63) is 35.5 Å². The molecule has 1 saturated heterocycles. The minimum atomic E-state index is -3.83. The van der Waals surface area contributed by atoms with Gasteiger partial charge in [-0.15, -0.1) is 0 Å². The van der Waals surface area contributed by atoms with Gasteiger partial charge in [0.25, 0.3) is 0 Å². The van der Waals surface area contributed by atoms with E-state index in [0.717, 1.165) is 24.0 Å². The lowest BCUT2D eigenvalue weighted by atomic mass is 9.98. The van der Waals surface area contributed by atoms with E-state index in [1.54, 1.807) is 25.1 Å². The number of nitrogens with zero attached hydrogens (tertiary/aromatic N) is 3. The lowest BCUT2D eigenvalue weighted by Crippen LogP contribution is -2.40. The van der Waals surface area contributed by atoms with Crippen molar-refractivity contribution in [2.24, 2.45) is 5.92 Å². The Kier molecular flexibility index (Phi) is 6.07. The van der Waals surface area contributed by atoms with Crippen LogP contribution in [-0.2, 0) is 19.4 Å². The molecular formula is C20H26N4O4S. The second-order valence-electron chi connectivity index (χ2n) is 7.21. The molecule has 0 aliphatic carbocycles. The molecule has 1 fully saturated rings. The van der Waals surface area contributed by atoms with Crippen LogP contribution in [0.4, 0.5) is 11.8 Å². The second-order valence-corrected chi connectivity index (χ2v) is 9.12. The Hall–Kier alpha value is -2.68. The second kappa shape index (κ2) is 8.36. The van der Waals surface area contributed by atoms with Crippen LogP contribution in [0, 0.1) is 19.8 Å². The summed E-state index contributed by atoms with van der Waals surface area (Å²) < 4.78 is 31.1. The minimum Gasteiger partial charge on any atom is -0.466 e. The zero-order valence-corrected chi connectivity index (χ0v) is 17.7. The number of nitrogens with two attached hydrogens (primary N) is 1. The highest BCUT2D eigenvalue weighted by Crippen LogP contribution is 2.28. The molecule has 1 unspecified atom stereocenters. The maximum Gasteiger partial charge on any atom is 0.310 e. The van der Waals surface area contributed by atoms with Crippen molar-refractivity contribution in [3.63, 3.8) is 0 Å². The number of piperidine rings is 1. The summed E-state index contributed by atoms with van der Waals surface area (Å²) in [6.45, 7) is 6.97. The normalized spacial score (nSPS) is 17.2. The smallest absolute Gasteiger partial charge is 0.310 e. The number of benzene rings is 1. The number of aromatic nitrogens is 2. The molecule has 29 heavy (non-hydrogen) atoms. The molecule has 156 valence electrons. The van der Waals surface area contributed by atoms with Gasteiger partial charge >= 0.3 is 5.97 Å². The first-order chi connectivity index (χ1) is 13.7. The minimum absolute atomic E-state index is 0.105. The molecule has 1 aromatic heterocycles. The SMILES string of the molecule is CCOC(=O)C1CCCN(c2ncc(S(=O)(=O)c3ccc(C)c(C)c3)c(N)n2)C1. The zero-order valence-electron chi connectivity index (χ0n) is 16.9. The maximum atomic E-state index is 13.0. The van der Waals surface area contributed by atoms with Gasteiger partial charge in [-0.1, -0.05) is 6.07 Å². The molecule has 9 heteroatoms. The van der Waals surface area contributed by atoms with Crippen LogP contribution in [0.5, 0.6) is 0 Å². The van der Waals surface area contributed by atoms with Gasteiger partial charge in [0.1, 0.15) is 10.7 Å². The van der Waals surface area contributed by atoms with E-state index in [4.69, 9.17) is 10.5 Å². The molecule has 0 amide bonds. The van der Waals surface area contributed by atoms with Crippen molar-refractivity contribution in [2.75, 3.05) is 30.3 Å².